The lowest BCUT2D eigenvalue weighted by Gasteiger charge is -2.38. The number of aliphatic hydroxyl groups is 1. The van der Waals surface area contributed by atoms with Crippen molar-refractivity contribution in [3.63, 3.8) is 0 Å². The van der Waals surface area contributed by atoms with Crippen LogP contribution < -0.4 is 9.64 Å². The van der Waals surface area contributed by atoms with E-state index in [1.807, 2.05) is 9.80 Å². The first-order valence-electron chi connectivity index (χ1n) is 16.4. The molecule has 3 fully saturated rings. The predicted octanol–water partition coefficient (Wildman–Crippen LogP) is 6.11. The molecular weight excluding hydrogens is 628 g/mol. The second kappa shape index (κ2) is 10.9. The topological polar surface area (TPSA) is 99.3 Å². The van der Waals surface area contributed by atoms with E-state index in [-0.39, 0.29) is 60.5 Å². The summed E-state index contributed by atoms with van der Waals surface area (Å²) < 4.78 is 69.4. The number of phenols is 1. The average Bonchev–Trinajstić information content (AvgIpc) is 3.29. The summed E-state index contributed by atoms with van der Waals surface area (Å²) in [6, 6.07) is 7.14. The van der Waals surface area contributed by atoms with Crippen molar-refractivity contribution in [3.8, 4) is 23.0 Å². The number of aryl methyl sites for hydroxylation is 1. The van der Waals surface area contributed by atoms with Gasteiger partial charge in [0.05, 0.1) is 28.1 Å². The van der Waals surface area contributed by atoms with Crippen molar-refractivity contribution < 1.29 is 32.5 Å². The van der Waals surface area contributed by atoms with E-state index in [1.165, 1.54) is 35.0 Å². The van der Waals surface area contributed by atoms with E-state index in [1.54, 1.807) is 19.9 Å². The molecule has 2 N–H and O–H groups in total. The normalized spacial score (nSPS) is 24.0. The number of halogens is 4. The summed E-state index contributed by atoms with van der Waals surface area (Å²) in [6.07, 6.45) is 3.65. The largest absolute Gasteiger partial charge is 0.508 e. The molecule has 252 valence electrons. The van der Waals surface area contributed by atoms with E-state index in [4.69, 9.17) is 4.74 Å². The maximum Gasteiger partial charge on any atom is 0.319 e. The highest BCUT2D eigenvalue weighted by atomic mass is 19.3. The number of aromatic nitrogens is 4. The third-order valence-corrected chi connectivity index (χ3v) is 10.3. The van der Waals surface area contributed by atoms with Gasteiger partial charge in [-0.3, -0.25) is 0 Å². The van der Waals surface area contributed by atoms with Crippen molar-refractivity contribution in [3.05, 3.63) is 53.7 Å². The molecule has 2 saturated heterocycles. The number of alkyl halides is 2. The summed E-state index contributed by atoms with van der Waals surface area (Å²) in [6.45, 7) is 5.55. The fourth-order valence-corrected chi connectivity index (χ4v) is 7.58. The van der Waals surface area contributed by atoms with Gasteiger partial charge in [0.1, 0.15) is 35.2 Å². The molecule has 0 amide bonds. The third kappa shape index (κ3) is 4.92. The number of hydrogen-bond donors (Lipinski definition) is 2. The van der Waals surface area contributed by atoms with Crippen LogP contribution in [0.1, 0.15) is 45.1 Å². The Labute approximate surface area is 273 Å². The van der Waals surface area contributed by atoms with Crippen LogP contribution >= 0.6 is 0 Å². The lowest BCUT2D eigenvalue weighted by atomic mass is 9.94. The van der Waals surface area contributed by atoms with Gasteiger partial charge in [-0.2, -0.15) is 15.1 Å². The van der Waals surface area contributed by atoms with Crippen LogP contribution in [0.15, 0.2) is 36.5 Å². The van der Waals surface area contributed by atoms with Crippen molar-refractivity contribution in [1.82, 2.24) is 24.5 Å². The number of hydrogen-bond acceptors (Lipinski definition) is 8. The Morgan fingerprint density at radius 1 is 1.02 bits per heavy atom. The van der Waals surface area contributed by atoms with Gasteiger partial charge in [0.25, 0.3) is 5.92 Å². The maximum absolute atomic E-state index is 17.3. The molecule has 1 saturated carbocycles. The number of pyridine rings is 1. The van der Waals surface area contributed by atoms with Crippen LogP contribution in [0, 0.1) is 17.0 Å². The van der Waals surface area contributed by atoms with Crippen molar-refractivity contribution in [2.24, 2.45) is 5.41 Å². The zero-order valence-corrected chi connectivity index (χ0v) is 26.7. The van der Waals surface area contributed by atoms with Gasteiger partial charge in [0, 0.05) is 31.6 Å². The molecule has 3 aromatic heterocycles. The smallest absolute Gasteiger partial charge is 0.319 e. The van der Waals surface area contributed by atoms with Crippen LogP contribution in [0.25, 0.3) is 38.4 Å². The standard InChI is InChI=1S/C35H36F4N6O3/c1-3-22-24(36)7-6-20-14-21(46)15-23(26(20)22)30-28(37)29-27(25-8-10-40-45(25)30)31(44-13-4-9-33(2,47)17-44)42-32(41-29)48-19-34(16-35(34,38)39)18-43-11-5-12-43/h6-8,10,14-15,46-47H,3-5,9,11-13,16-19H2,1-2H3. The van der Waals surface area contributed by atoms with E-state index in [9.17, 15) is 19.0 Å². The highest BCUT2D eigenvalue weighted by molar-refractivity contribution is 6.07. The Morgan fingerprint density at radius 2 is 1.81 bits per heavy atom. The number of piperidine rings is 1. The summed E-state index contributed by atoms with van der Waals surface area (Å²) in [5.41, 5.74) is -1.65. The summed E-state index contributed by atoms with van der Waals surface area (Å²) >= 11 is 0. The van der Waals surface area contributed by atoms with Crippen LogP contribution in [0.2, 0.25) is 0 Å². The van der Waals surface area contributed by atoms with Crippen molar-refractivity contribution in [2.45, 2.75) is 57.5 Å². The fourth-order valence-electron chi connectivity index (χ4n) is 7.58. The minimum atomic E-state index is -2.90. The van der Waals surface area contributed by atoms with Gasteiger partial charge in [0.2, 0.25) is 0 Å². The van der Waals surface area contributed by atoms with E-state index < -0.39 is 28.6 Å². The summed E-state index contributed by atoms with van der Waals surface area (Å²) in [5, 5.41) is 27.4. The Morgan fingerprint density at radius 3 is 2.50 bits per heavy atom. The number of anilines is 1. The number of rotatable bonds is 8. The predicted molar refractivity (Wildman–Crippen MR) is 173 cm³/mol. The molecule has 2 atom stereocenters. The Bertz CT molecular complexity index is 2100. The zero-order valence-electron chi connectivity index (χ0n) is 26.7. The first kappa shape index (κ1) is 31.1. The number of ether oxygens (including phenoxy) is 1. The van der Waals surface area contributed by atoms with Gasteiger partial charge in [-0.05, 0) is 86.3 Å². The van der Waals surface area contributed by atoms with Crippen molar-refractivity contribution >= 4 is 33.0 Å². The number of aromatic hydroxyl groups is 1. The molecule has 13 heteroatoms. The number of β-amino-alcohol motifs (C(OH)–C–C–N with tert-alkyl or cyclic N) is 1. The van der Waals surface area contributed by atoms with E-state index in [0.29, 0.717) is 53.0 Å². The summed E-state index contributed by atoms with van der Waals surface area (Å²) in [4.78, 5) is 13.0. The van der Waals surface area contributed by atoms with Crippen molar-refractivity contribution in [2.75, 3.05) is 44.2 Å². The minimum Gasteiger partial charge on any atom is -0.508 e. The average molecular weight is 665 g/mol. The van der Waals surface area contributed by atoms with Gasteiger partial charge < -0.3 is 24.7 Å². The maximum atomic E-state index is 17.3. The molecule has 2 aromatic carbocycles. The van der Waals surface area contributed by atoms with Gasteiger partial charge in [-0.1, -0.05) is 13.0 Å². The second-order valence-corrected chi connectivity index (χ2v) is 13.9. The lowest BCUT2D eigenvalue weighted by molar-refractivity contribution is 0.0109. The molecule has 9 nitrogen and oxygen atoms in total. The first-order chi connectivity index (χ1) is 22.9. The highest BCUT2D eigenvalue weighted by Gasteiger charge is 2.72. The molecule has 8 rings (SSSR count). The second-order valence-electron chi connectivity index (χ2n) is 13.9. The van der Waals surface area contributed by atoms with Gasteiger partial charge in [-0.15, -0.1) is 0 Å². The molecule has 2 unspecified atom stereocenters. The molecule has 2 aliphatic heterocycles. The molecule has 0 bridgehead atoms. The Kier molecular flexibility index (Phi) is 7.05. The first-order valence-corrected chi connectivity index (χ1v) is 16.4. The van der Waals surface area contributed by atoms with Crippen LogP contribution in [0.5, 0.6) is 11.8 Å². The molecule has 1 aliphatic carbocycles. The van der Waals surface area contributed by atoms with E-state index in [0.717, 1.165) is 19.5 Å². The lowest BCUT2D eigenvalue weighted by Crippen LogP contribution is -2.46. The van der Waals surface area contributed by atoms with Gasteiger partial charge in [0.15, 0.2) is 5.82 Å². The molecule has 0 radical (unpaired) electrons. The van der Waals surface area contributed by atoms with Gasteiger partial charge >= 0.3 is 6.01 Å². The summed E-state index contributed by atoms with van der Waals surface area (Å²) in [7, 11) is 0. The van der Waals surface area contributed by atoms with Gasteiger partial charge in [-0.25, -0.2) is 22.1 Å². The zero-order chi connectivity index (χ0) is 33.6. The summed E-state index contributed by atoms with van der Waals surface area (Å²) in [5.74, 6) is -4.06. The van der Waals surface area contributed by atoms with Crippen molar-refractivity contribution in [1.29, 1.82) is 0 Å². The third-order valence-electron chi connectivity index (χ3n) is 10.3. The molecule has 3 aliphatic rings. The molecule has 0 spiro atoms. The van der Waals surface area contributed by atoms with Crippen LogP contribution in [0.4, 0.5) is 23.4 Å². The number of benzene rings is 2. The Balaban J connectivity index is 1.35. The van der Waals surface area contributed by atoms with E-state index >= 15 is 8.78 Å². The molecular formula is C35H36F4N6O3. The number of likely N-dealkylation sites (tertiary alicyclic amines) is 1. The van der Waals surface area contributed by atoms with E-state index in [2.05, 4.69) is 15.1 Å². The number of phenolic OH excluding ortho intramolecular Hbond substituents is 1. The van der Waals surface area contributed by atoms with Crippen LogP contribution in [-0.4, -0.2) is 85.5 Å². The fraction of sp³-hybridized carbons (Fsp3) is 0.457. The monoisotopic (exact) mass is 664 g/mol. The molecule has 5 aromatic rings. The molecule has 48 heavy (non-hydrogen) atoms. The number of fused-ring (bicyclic) bond motifs is 4. The number of nitrogens with zero attached hydrogens (tertiary/aromatic N) is 6. The van der Waals surface area contributed by atoms with Crippen LogP contribution in [0.3, 0.4) is 0 Å². The SMILES string of the molecule is CCc1c(F)ccc2cc(O)cc(-c3c(F)c4nc(OCC5(CN6CCC6)CC5(F)F)nc(N5CCCC(C)(O)C5)c4c4ccnn34)c12. The quantitative estimate of drug-likeness (QED) is 0.192. The molecule has 5 heterocycles. The van der Waals surface area contributed by atoms with Crippen LogP contribution in [-0.2, 0) is 6.42 Å². The Hall–Kier alpha value is -4.23. The minimum absolute atomic E-state index is 0.0621. The highest BCUT2D eigenvalue weighted by Crippen LogP contribution is 2.61.